The van der Waals surface area contributed by atoms with Crippen LogP contribution in [0, 0.1) is 0 Å². The first-order valence-electron chi connectivity index (χ1n) is 6.82. The Morgan fingerprint density at radius 2 is 1.90 bits per heavy atom. The van der Waals surface area contributed by atoms with E-state index in [0.29, 0.717) is 6.61 Å². The highest BCUT2D eigenvalue weighted by Crippen LogP contribution is 2.36. The van der Waals surface area contributed by atoms with Crippen LogP contribution in [0.4, 0.5) is 0 Å². The first-order chi connectivity index (χ1) is 9.12. The molecule has 5 heteroatoms. The second kappa shape index (κ2) is 7.07. The second-order valence-electron chi connectivity index (χ2n) is 6.49. The van der Waals surface area contributed by atoms with Gasteiger partial charge in [-0.25, -0.2) is 0 Å². The summed E-state index contributed by atoms with van der Waals surface area (Å²) in [6, 6.07) is 7.58. The van der Waals surface area contributed by atoms with Crippen molar-refractivity contribution in [3.8, 4) is 5.75 Å². The fraction of sp³-hybridized carbons (Fsp3) is 0.600. The summed E-state index contributed by atoms with van der Waals surface area (Å²) in [6.07, 6.45) is -0.608. The van der Waals surface area contributed by atoms with Gasteiger partial charge in [0.15, 0.2) is 8.32 Å². The molecule has 0 radical (unpaired) electrons. The Bertz CT molecular complexity index is 429. The Hall–Kier alpha value is -0.363. The van der Waals surface area contributed by atoms with Gasteiger partial charge in [-0.1, -0.05) is 42.8 Å². The minimum atomic E-state index is -1.81. The van der Waals surface area contributed by atoms with E-state index in [-0.39, 0.29) is 11.6 Å². The van der Waals surface area contributed by atoms with Gasteiger partial charge in [0.25, 0.3) is 0 Å². The van der Waals surface area contributed by atoms with Crippen LogP contribution in [0.5, 0.6) is 5.75 Å². The first kappa shape index (κ1) is 17.7. The lowest BCUT2D eigenvalue weighted by Crippen LogP contribution is -2.43. The van der Waals surface area contributed by atoms with Gasteiger partial charge in [0, 0.05) is 4.47 Å². The van der Waals surface area contributed by atoms with E-state index in [4.69, 9.17) is 9.16 Å². The number of hydrogen-bond donors (Lipinski definition) is 1. The molecule has 0 saturated carbocycles. The van der Waals surface area contributed by atoms with E-state index in [1.807, 2.05) is 24.3 Å². The third-order valence-electron chi connectivity index (χ3n) is 3.68. The van der Waals surface area contributed by atoms with E-state index in [2.05, 4.69) is 49.8 Å². The molecular formula is C15H25BrO3Si. The molecule has 0 aromatic heterocycles. The van der Waals surface area contributed by atoms with Crippen LogP contribution in [-0.4, -0.2) is 32.7 Å². The Morgan fingerprint density at radius 1 is 1.25 bits per heavy atom. The number of benzene rings is 1. The highest BCUT2D eigenvalue weighted by Gasteiger charge is 2.37. The maximum absolute atomic E-state index is 9.97. The van der Waals surface area contributed by atoms with Crippen molar-refractivity contribution in [3.05, 3.63) is 28.7 Å². The lowest BCUT2D eigenvalue weighted by Gasteiger charge is -2.36. The minimum Gasteiger partial charge on any atom is -0.491 e. The van der Waals surface area contributed by atoms with Crippen molar-refractivity contribution in [2.75, 3.05) is 13.2 Å². The second-order valence-corrected chi connectivity index (χ2v) is 12.2. The summed E-state index contributed by atoms with van der Waals surface area (Å²) in [5, 5.41) is 10.1. The van der Waals surface area contributed by atoms with Crippen LogP contribution in [0.15, 0.2) is 28.7 Å². The summed E-state index contributed by atoms with van der Waals surface area (Å²) < 4.78 is 12.5. The Balaban J connectivity index is 2.39. The van der Waals surface area contributed by atoms with Gasteiger partial charge in [-0.3, -0.25) is 0 Å². The monoisotopic (exact) mass is 360 g/mol. The maximum atomic E-state index is 9.97. The van der Waals surface area contributed by atoms with Gasteiger partial charge in [-0.15, -0.1) is 0 Å². The van der Waals surface area contributed by atoms with Crippen molar-refractivity contribution in [1.82, 2.24) is 0 Å². The van der Waals surface area contributed by atoms with Gasteiger partial charge in [0.2, 0.25) is 0 Å². The largest absolute Gasteiger partial charge is 0.491 e. The molecule has 1 aromatic rings. The molecule has 1 rings (SSSR count). The quantitative estimate of drug-likeness (QED) is 0.772. The molecule has 0 spiro atoms. The van der Waals surface area contributed by atoms with Crippen molar-refractivity contribution in [3.63, 3.8) is 0 Å². The summed E-state index contributed by atoms with van der Waals surface area (Å²) >= 11 is 3.39. The van der Waals surface area contributed by atoms with E-state index in [9.17, 15) is 5.11 Å². The lowest BCUT2D eigenvalue weighted by molar-refractivity contribution is 0.0576. The fourth-order valence-corrected chi connectivity index (χ4v) is 2.74. The van der Waals surface area contributed by atoms with E-state index in [0.717, 1.165) is 10.2 Å². The predicted octanol–water partition coefficient (Wildman–Crippen LogP) is 4.21. The van der Waals surface area contributed by atoms with Crippen molar-refractivity contribution in [2.45, 2.75) is 45.0 Å². The molecule has 0 aliphatic rings. The molecular weight excluding hydrogens is 336 g/mol. The number of hydrogen-bond acceptors (Lipinski definition) is 3. The van der Waals surface area contributed by atoms with E-state index in [1.54, 1.807) is 0 Å². The maximum Gasteiger partial charge on any atom is 0.192 e. The Kier molecular flexibility index (Phi) is 6.25. The molecule has 20 heavy (non-hydrogen) atoms. The van der Waals surface area contributed by atoms with Crippen molar-refractivity contribution < 1.29 is 14.3 Å². The molecule has 0 amide bonds. The number of aliphatic hydroxyl groups excluding tert-OH is 1. The van der Waals surface area contributed by atoms with E-state index >= 15 is 0 Å². The average molecular weight is 361 g/mol. The van der Waals surface area contributed by atoms with Gasteiger partial charge in [0.05, 0.1) is 6.61 Å². The van der Waals surface area contributed by atoms with Gasteiger partial charge in [-0.2, -0.15) is 0 Å². The molecule has 114 valence electrons. The molecule has 0 saturated heterocycles. The standard InChI is InChI=1S/C15H25BrO3Si/c1-15(2,3)20(4,5)19-11-13(17)10-18-14-8-6-7-12(16)9-14/h6-9,13,17H,10-11H2,1-5H3. The van der Waals surface area contributed by atoms with Crippen molar-refractivity contribution in [2.24, 2.45) is 0 Å². The predicted molar refractivity (Wildman–Crippen MR) is 88.8 cm³/mol. The molecule has 1 unspecified atom stereocenters. The molecule has 0 fully saturated rings. The molecule has 1 N–H and O–H groups in total. The number of rotatable bonds is 6. The molecule has 0 bridgehead atoms. The highest BCUT2D eigenvalue weighted by molar-refractivity contribution is 9.10. The van der Waals surface area contributed by atoms with Crippen LogP contribution in [-0.2, 0) is 4.43 Å². The summed E-state index contributed by atoms with van der Waals surface area (Å²) in [7, 11) is -1.81. The normalized spacial score (nSPS) is 14.2. The highest BCUT2D eigenvalue weighted by atomic mass is 79.9. The molecule has 0 aliphatic heterocycles. The zero-order chi connectivity index (χ0) is 15.4. The molecule has 1 aromatic carbocycles. The van der Waals surface area contributed by atoms with Crippen LogP contribution in [0.25, 0.3) is 0 Å². The fourth-order valence-electron chi connectivity index (χ4n) is 1.32. The van der Waals surface area contributed by atoms with Crippen LogP contribution in [0.3, 0.4) is 0 Å². The topological polar surface area (TPSA) is 38.7 Å². The third-order valence-corrected chi connectivity index (χ3v) is 8.68. The van der Waals surface area contributed by atoms with Gasteiger partial charge < -0.3 is 14.3 Å². The molecule has 1 atom stereocenters. The summed E-state index contributed by atoms with van der Waals surface area (Å²) in [6.45, 7) is 11.5. The average Bonchev–Trinajstić information content (AvgIpc) is 2.33. The number of halogens is 1. The van der Waals surface area contributed by atoms with E-state index < -0.39 is 14.4 Å². The Morgan fingerprint density at radius 3 is 2.45 bits per heavy atom. The van der Waals surface area contributed by atoms with Crippen LogP contribution in [0.2, 0.25) is 18.1 Å². The van der Waals surface area contributed by atoms with Crippen LogP contribution >= 0.6 is 15.9 Å². The number of aliphatic hydroxyl groups is 1. The third kappa shape index (κ3) is 5.56. The molecule has 0 heterocycles. The summed E-state index contributed by atoms with van der Waals surface area (Å²) in [5.41, 5.74) is 0. The SMILES string of the molecule is CC(C)(C)[Si](C)(C)OCC(O)COc1cccc(Br)c1. The lowest BCUT2D eigenvalue weighted by atomic mass is 10.2. The van der Waals surface area contributed by atoms with Crippen LogP contribution < -0.4 is 4.74 Å². The Labute approximate surface area is 131 Å². The van der Waals surface area contributed by atoms with Crippen molar-refractivity contribution >= 4 is 24.2 Å². The molecule has 3 nitrogen and oxygen atoms in total. The summed E-state index contributed by atoms with van der Waals surface area (Å²) in [4.78, 5) is 0. The van der Waals surface area contributed by atoms with Gasteiger partial charge >= 0.3 is 0 Å². The van der Waals surface area contributed by atoms with Gasteiger partial charge in [0.1, 0.15) is 18.5 Å². The van der Waals surface area contributed by atoms with Crippen molar-refractivity contribution in [1.29, 1.82) is 0 Å². The minimum absolute atomic E-state index is 0.151. The summed E-state index contributed by atoms with van der Waals surface area (Å²) in [5.74, 6) is 0.741. The van der Waals surface area contributed by atoms with E-state index in [1.165, 1.54) is 0 Å². The zero-order valence-electron chi connectivity index (χ0n) is 12.9. The zero-order valence-corrected chi connectivity index (χ0v) is 15.5. The number of ether oxygens (including phenoxy) is 1. The first-order valence-corrected chi connectivity index (χ1v) is 10.5. The molecule has 0 aliphatic carbocycles. The smallest absolute Gasteiger partial charge is 0.192 e. The van der Waals surface area contributed by atoms with Crippen LogP contribution in [0.1, 0.15) is 20.8 Å². The van der Waals surface area contributed by atoms with Gasteiger partial charge in [-0.05, 0) is 36.3 Å².